The van der Waals surface area contributed by atoms with Gasteiger partial charge in [0.05, 0.1) is 0 Å². The lowest BCUT2D eigenvalue weighted by Crippen LogP contribution is -2.22. The second-order valence-electron chi connectivity index (χ2n) is 2.28. The maximum atomic E-state index is 5.16. The van der Waals surface area contributed by atoms with Crippen molar-refractivity contribution >= 4 is 32.9 Å². The van der Waals surface area contributed by atoms with Gasteiger partial charge in [-0.3, -0.25) is 0 Å². The Kier molecular flexibility index (Phi) is 1.86. The maximum absolute atomic E-state index is 5.16. The number of fused-ring (bicyclic) bond motifs is 1. The Hall–Kier alpha value is 0.230. The van der Waals surface area contributed by atoms with E-state index in [0.29, 0.717) is 0 Å². The molecule has 0 radical (unpaired) electrons. The highest BCUT2D eigenvalue weighted by Gasteiger charge is 2.11. The van der Waals surface area contributed by atoms with Gasteiger partial charge in [0, 0.05) is 23.5 Å². The van der Waals surface area contributed by atoms with Crippen molar-refractivity contribution in [2.45, 2.75) is 13.0 Å². The predicted molar refractivity (Wildman–Crippen MR) is 48.4 cm³/mol. The Morgan fingerprint density at radius 3 is 3.10 bits per heavy atom. The first-order valence-electron chi connectivity index (χ1n) is 3.19. The fraction of sp³-hybridized carbons (Fsp3) is 0.500. The van der Waals surface area contributed by atoms with Crippen LogP contribution in [0.3, 0.4) is 0 Å². The summed E-state index contributed by atoms with van der Waals surface area (Å²) in [6, 6.07) is 0. The van der Waals surface area contributed by atoms with Crippen LogP contribution < -0.4 is 5.32 Å². The molecule has 0 aromatic carbocycles. The highest BCUT2D eigenvalue weighted by molar-refractivity contribution is 7.79. The van der Waals surface area contributed by atoms with E-state index < -0.39 is 0 Å². The van der Waals surface area contributed by atoms with Gasteiger partial charge in [-0.15, -0.1) is 0 Å². The van der Waals surface area contributed by atoms with Crippen LogP contribution in [0, 0.1) is 3.82 Å². The van der Waals surface area contributed by atoms with Crippen LogP contribution in [0.1, 0.15) is 10.4 Å². The molecule has 0 unspecified atom stereocenters. The Bertz CT molecular complexity index is 285. The molecule has 1 nitrogen and oxygen atoms in total. The summed E-state index contributed by atoms with van der Waals surface area (Å²) in [5.74, 6) is 0. The summed E-state index contributed by atoms with van der Waals surface area (Å²) in [7, 11) is 3.59. The summed E-state index contributed by atoms with van der Waals surface area (Å²) in [4.78, 5) is 1.51. The summed E-state index contributed by atoms with van der Waals surface area (Å²) in [5.41, 5.74) is 1.39. The molecule has 0 amide bonds. The monoisotopic (exact) mass is 189 g/mol. The van der Waals surface area contributed by atoms with Crippen LogP contribution in [0.4, 0.5) is 0 Å². The second-order valence-corrected chi connectivity index (χ2v) is 5.18. The van der Waals surface area contributed by atoms with Crippen LogP contribution in [0.2, 0.25) is 0 Å². The molecule has 0 fully saturated rings. The zero-order chi connectivity index (χ0) is 6.97. The van der Waals surface area contributed by atoms with Crippen LogP contribution in [-0.4, -0.2) is 6.54 Å². The third-order valence-electron chi connectivity index (χ3n) is 1.63. The minimum absolute atomic E-state index is 0.994. The minimum Gasteiger partial charge on any atom is -0.312 e. The van der Waals surface area contributed by atoms with E-state index in [1.165, 1.54) is 16.9 Å². The van der Waals surface area contributed by atoms with Crippen molar-refractivity contribution in [3.63, 3.8) is 0 Å². The summed E-state index contributed by atoms with van der Waals surface area (Å²) in [5, 5.41) is 3.31. The van der Waals surface area contributed by atoms with E-state index in [9.17, 15) is 0 Å². The molecule has 1 aromatic heterocycles. The van der Waals surface area contributed by atoms with Crippen molar-refractivity contribution in [1.29, 1.82) is 0 Å². The smallest absolute Gasteiger partial charge is 0.106 e. The standard InChI is InChI=1S/C6H7NS3/c8-6-4-3-7-2-1-5(4)9-10-6/h7H,1-3H2. The number of nitrogens with one attached hydrogen (secondary N) is 1. The zero-order valence-corrected chi connectivity index (χ0v) is 7.80. The van der Waals surface area contributed by atoms with Gasteiger partial charge in [-0.25, -0.2) is 0 Å². The van der Waals surface area contributed by atoms with E-state index in [2.05, 4.69) is 5.32 Å². The lowest BCUT2D eigenvalue weighted by molar-refractivity contribution is 0.652. The van der Waals surface area contributed by atoms with Crippen LogP contribution in [0.25, 0.3) is 0 Å². The van der Waals surface area contributed by atoms with Gasteiger partial charge in [-0.05, 0) is 6.42 Å². The average molecular weight is 189 g/mol. The SMILES string of the molecule is S=c1ssc2c1CNCC2. The normalized spacial score (nSPS) is 16.8. The van der Waals surface area contributed by atoms with Crippen LogP contribution in [-0.2, 0) is 13.0 Å². The predicted octanol–water partition coefficient (Wildman–Crippen LogP) is 2.18. The van der Waals surface area contributed by atoms with E-state index in [-0.39, 0.29) is 0 Å². The van der Waals surface area contributed by atoms with Gasteiger partial charge in [0.1, 0.15) is 3.82 Å². The molecule has 0 spiro atoms. The Morgan fingerprint density at radius 2 is 2.30 bits per heavy atom. The summed E-state index contributed by atoms with van der Waals surface area (Å²) in [6.07, 6.45) is 1.17. The van der Waals surface area contributed by atoms with Gasteiger partial charge in [-0.2, -0.15) is 0 Å². The van der Waals surface area contributed by atoms with Crippen LogP contribution in [0.15, 0.2) is 0 Å². The molecule has 2 rings (SSSR count). The maximum Gasteiger partial charge on any atom is 0.106 e. The summed E-state index contributed by atoms with van der Waals surface area (Å²) < 4.78 is 1.09. The second kappa shape index (κ2) is 2.70. The molecule has 2 heterocycles. The molecule has 0 bridgehead atoms. The molecular formula is C6H7NS3. The molecular weight excluding hydrogens is 182 g/mol. The molecule has 0 saturated heterocycles. The molecule has 1 aliphatic heterocycles. The van der Waals surface area contributed by atoms with Crippen molar-refractivity contribution in [3.05, 3.63) is 14.3 Å². The van der Waals surface area contributed by atoms with Crippen molar-refractivity contribution in [1.82, 2.24) is 5.32 Å². The van der Waals surface area contributed by atoms with Gasteiger partial charge < -0.3 is 5.32 Å². The molecule has 0 saturated carbocycles. The molecule has 1 N–H and O–H groups in total. The van der Waals surface area contributed by atoms with Crippen LogP contribution in [0.5, 0.6) is 0 Å². The van der Waals surface area contributed by atoms with Crippen molar-refractivity contribution in [2.24, 2.45) is 0 Å². The highest BCUT2D eigenvalue weighted by Crippen LogP contribution is 2.26. The van der Waals surface area contributed by atoms with Gasteiger partial charge >= 0.3 is 0 Å². The Labute approximate surface area is 72.1 Å². The quantitative estimate of drug-likeness (QED) is 0.496. The first-order chi connectivity index (χ1) is 4.88. The number of hydrogen-bond acceptors (Lipinski definition) is 4. The lowest BCUT2D eigenvalue weighted by Gasteiger charge is -2.10. The van der Waals surface area contributed by atoms with E-state index in [4.69, 9.17) is 12.2 Å². The minimum atomic E-state index is 0.994. The topological polar surface area (TPSA) is 12.0 Å². The van der Waals surface area contributed by atoms with Gasteiger partial charge in [0.25, 0.3) is 0 Å². The fourth-order valence-electron chi connectivity index (χ4n) is 1.08. The average Bonchev–Trinajstić information content (AvgIpc) is 2.34. The van der Waals surface area contributed by atoms with Crippen LogP contribution >= 0.6 is 32.9 Å². The van der Waals surface area contributed by atoms with Gasteiger partial charge in [0.2, 0.25) is 0 Å². The Balaban J connectivity index is 2.55. The van der Waals surface area contributed by atoms with Crippen molar-refractivity contribution in [2.75, 3.05) is 6.54 Å². The molecule has 1 aliphatic rings. The number of hydrogen-bond donors (Lipinski definition) is 1. The first-order valence-corrected chi connectivity index (χ1v) is 5.75. The molecule has 0 atom stereocenters. The van der Waals surface area contributed by atoms with E-state index >= 15 is 0 Å². The fourth-order valence-corrected chi connectivity index (χ4v) is 4.03. The third-order valence-corrected chi connectivity index (χ3v) is 4.93. The molecule has 10 heavy (non-hydrogen) atoms. The summed E-state index contributed by atoms with van der Waals surface area (Å²) in [6.45, 7) is 2.11. The third kappa shape index (κ3) is 1.05. The van der Waals surface area contributed by atoms with Gasteiger partial charge in [-0.1, -0.05) is 32.9 Å². The molecule has 0 aliphatic carbocycles. The van der Waals surface area contributed by atoms with E-state index in [1.807, 2.05) is 10.3 Å². The Morgan fingerprint density at radius 1 is 1.40 bits per heavy atom. The lowest BCUT2D eigenvalue weighted by atomic mass is 10.2. The zero-order valence-electron chi connectivity index (χ0n) is 5.35. The summed E-state index contributed by atoms with van der Waals surface area (Å²) >= 11 is 5.16. The van der Waals surface area contributed by atoms with E-state index in [0.717, 1.165) is 16.9 Å². The van der Waals surface area contributed by atoms with Crippen molar-refractivity contribution < 1.29 is 0 Å². The van der Waals surface area contributed by atoms with Crippen molar-refractivity contribution in [3.8, 4) is 0 Å². The number of rotatable bonds is 0. The van der Waals surface area contributed by atoms with Gasteiger partial charge in [0.15, 0.2) is 0 Å². The first kappa shape index (κ1) is 6.91. The largest absolute Gasteiger partial charge is 0.312 e. The molecule has 54 valence electrons. The molecule has 1 aromatic rings. The molecule has 4 heteroatoms. The highest BCUT2D eigenvalue weighted by atomic mass is 32.9. The van der Waals surface area contributed by atoms with E-state index in [1.54, 1.807) is 10.3 Å².